The van der Waals surface area contributed by atoms with Gasteiger partial charge in [-0.3, -0.25) is 0 Å². The molecule has 0 aromatic heterocycles. The van der Waals surface area contributed by atoms with Crippen LogP contribution in [0.3, 0.4) is 0 Å². The van der Waals surface area contributed by atoms with Gasteiger partial charge in [-0.15, -0.1) is 0 Å². The largest absolute Gasteiger partial charge is 0.497 e. The third-order valence-corrected chi connectivity index (χ3v) is 1.82. The summed E-state index contributed by atoms with van der Waals surface area (Å²) in [4.78, 5) is 0. The van der Waals surface area contributed by atoms with E-state index < -0.39 is 0 Å². The second-order valence-corrected chi connectivity index (χ2v) is 2.67. The van der Waals surface area contributed by atoms with E-state index in [1.807, 2.05) is 13.0 Å². The van der Waals surface area contributed by atoms with E-state index in [1.54, 1.807) is 19.2 Å². The highest BCUT2D eigenvalue weighted by Crippen LogP contribution is 2.16. The van der Waals surface area contributed by atoms with Gasteiger partial charge in [0.25, 0.3) is 0 Å². The van der Waals surface area contributed by atoms with Gasteiger partial charge in [0, 0.05) is 5.56 Å². The fraction of sp³-hybridized carbons (Fsp3) is 0.222. The van der Waals surface area contributed by atoms with Crippen LogP contribution in [0.2, 0.25) is 0 Å². The van der Waals surface area contributed by atoms with Crippen molar-refractivity contribution in [2.75, 3.05) is 7.11 Å². The highest BCUT2D eigenvalue weighted by atomic mass is 16.5. The van der Waals surface area contributed by atoms with Crippen molar-refractivity contribution in [2.24, 2.45) is 10.9 Å². The van der Waals surface area contributed by atoms with E-state index in [0.29, 0.717) is 5.56 Å². The Labute approximate surface area is 76.6 Å². The predicted octanol–water partition coefficient (Wildman–Crippen LogP) is 1.10. The smallest absolute Gasteiger partial charge is 0.170 e. The Morgan fingerprint density at radius 1 is 1.54 bits per heavy atom. The molecule has 0 spiro atoms. The lowest BCUT2D eigenvalue weighted by Gasteiger charge is -2.05. The minimum absolute atomic E-state index is 0.111. The van der Waals surface area contributed by atoms with Gasteiger partial charge in [0.2, 0.25) is 0 Å². The Balaban J connectivity index is 3.12. The molecule has 0 radical (unpaired) electrons. The van der Waals surface area contributed by atoms with E-state index in [9.17, 15) is 0 Å². The number of ether oxygens (including phenoxy) is 1. The predicted molar refractivity (Wildman–Crippen MR) is 50.2 cm³/mol. The van der Waals surface area contributed by atoms with Crippen LogP contribution in [0, 0.1) is 6.92 Å². The van der Waals surface area contributed by atoms with Gasteiger partial charge in [-0.2, -0.15) is 0 Å². The Hall–Kier alpha value is -1.71. The molecule has 4 nitrogen and oxygen atoms in total. The van der Waals surface area contributed by atoms with Crippen molar-refractivity contribution in [1.29, 1.82) is 0 Å². The maximum atomic E-state index is 8.47. The van der Waals surface area contributed by atoms with Gasteiger partial charge in [-0.25, -0.2) is 0 Å². The van der Waals surface area contributed by atoms with Gasteiger partial charge in [-0.05, 0) is 30.7 Å². The molecule has 0 aliphatic carbocycles. The van der Waals surface area contributed by atoms with Gasteiger partial charge in [0.05, 0.1) is 7.11 Å². The zero-order valence-electron chi connectivity index (χ0n) is 7.61. The van der Waals surface area contributed by atoms with Crippen LogP contribution >= 0.6 is 0 Å². The van der Waals surface area contributed by atoms with Crippen molar-refractivity contribution >= 4 is 5.84 Å². The van der Waals surface area contributed by atoms with E-state index in [1.165, 1.54) is 0 Å². The quantitative estimate of drug-likeness (QED) is 0.310. The van der Waals surface area contributed by atoms with E-state index in [4.69, 9.17) is 15.7 Å². The highest BCUT2D eigenvalue weighted by Gasteiger charge is 2.03. The van der Waals surface area contributed by atoms with E-state index in [2.05, 4.69) is 5.16 Å². The summed E-state index contributed by atoms with van der Waals surface area (Å²) < 4.78 is 5.02. The fourth-order valence-electron chi connectivity index (χ4n) is 1.10. The summed E-state index contributed by atoms with van der Waals surface area (Å²) in [6, 6.07) is 5.34. The minimum Gasteiger partial charge on any atom is -0.497 e. The van der Waals surface area contributed by atoms with Gasteiger partial charge in [0.15, 0.2) is 5.84 Å². The van der Waals surface area contributed by atoms with Crippen molar-refractivity contribution in [3.63, 3.8) is 0 Å². The summed E-state index contributed by atoms with van der Waals surface area (Å²) in [6.07, 6.45) is 0. The van der Waals surface area contributed by atoms with Crippen LogP contribution in [0.25, 0.3) is 0 Å². The average Bonchev–Trinajstić information content (AvgIpc) is 2.16. The van der Waals surface area contributed by atoms with Crippen molar-refractivity contribution in [2.45, 2.75) is 6.92 Å². The molecule has 0 aliphatic heterocycles. The number of aryl methyl sites for hydroxylation is 1. The normalized spacial score (nSPS) is 11.4. The number of oxime groups is 1. The second kappa shape index (κ2) is 3.80. The molecular weight excluding hydrogens is 168 g/mol. The van der Waals surface area contributed by atoms with Crippen LogP contribution < -0.4 is 10.5 Å². The molecule has 0 unspecified atom stereocenters. The molecule has 1 aromatic carbocycles. The number of hydrogen-bond acceptors (Lipinski definition) is 3. The summed E-state index contributed by atoms with van der Waals surface area (Å²) in [5.74, 6) is 0.868. The number of hydrogen-bond donors (Lipinski definition) is 2. The fourth-order valence-corrected chi connectivity index (χ4v) is 1.10. The van der Waals surface area contributed by atoms with Crippen LogP contribution in [-0.2, 0) is 0 Å². The zero-order valence-corrected chi connectivity index (χ0v) is 7.61. The van der Waals surface area contributed by atoms with E-state index >= 15 is 0 Å². The molecule has 1 aromatic rings. The topological polar surface area (TPSA) is 67.8 Å². The number of nitrogens with two attached hydrogens (primary N) is 1. The van der Waals surface area contributed by atoms with Crippen molar-refractivity contribution in [3.8, 4) is 5.75 Å². The maximum Gasteiger partial charge on any atom is 0.170 e. The van der Waals surface area contributed by atoms with Gasteiger partial charge >= 0.3 is 0 Å². The SMILES string of the molecule is COc1ccc(C(N)=NO)c(C)c1. The molecule has 0 bridgehead atoms. The van der Waals surface area contributed by atoms with Crippen LogP contribution in [0.1, 0.15) is 11.1 Å². The Kier molecular flexibility index (Phi) is 2.74. The number of nitrogens with zero attached hydrogens (tertiary/aromatic N) is 1. The third-order valence-electron chi connectivity index (χ3n) is 1.82. The summed E-state index contributed by atoms with van der Waals surface area (Å²) in [7, 11) is 1.60. The monoisotopic (exact) mass is 180 g/mol. The van der Waals surface area contributed by atoms with Crippen LogP contribution in [0.4, 0.5) is 0 Å². The molecule has 0 heterocycles. The number of benzene rings is 1. The molecule has 3 N–H and O–H groups in total. The molecule has 13 heavy (non-hydrogen) atoms. The molecule has 0 amide bonds. The van der Waals surface area contributed by atoms with Crippen LogP contribution in [0.15, 0.2) is 23.4 Å². The van der Waals surface area contributed by atoms with Gasteiger partial charge in [0.1, 0.15) is 5.75 Å². The summed E-state index contributed by atoms with van der Waals surface area (Å²) >= 11 is 0. The molecule has 0 fully saturated rings. The third kappa shape index (κ3) is 1.90. The summed E-state index contributed by atoms with van der Waals surface area (Å²) in [5.41, 5.74) is 7.07. The summed E-state index contributed by atoms with van der Waals surface area (Å²) in [6.45, 7) is 1.87. The van der Waals surface area contributed by atoms with Crippen molar-refractivity contribution < 1.29 is 9.94 Å². The molecule has 1 rings (SSSR count). The molecule has 0 saturated carbocycles. The van der Waals surface area contributed by atoms with Crippen molar-refractivity contribution in [3.05, 3.63) is 29.3 Å². The Bertz CT molecular complexity index is 334. The molecule has 0 aliphatic rings. The number of rotatable bonds is 2. The standard InChI is InChI=1S/C9H12N2O2/c1-6-5-7(13-2)3-4-8(6)9(10)11-12/h3-5,12H,1-2H3,(H2,10,11). The number of amidine groups is 1. The Morgan fingerprint density at radius 2 is 2.23 bits per heavy atom. The summed E-state index contributed by atoms with van der Waals surface area (Å²) in [5, 5.41) is 11.4. The van der Waals surface area contributed by atoms with Crippen molar-refractivity contribution in [1.82, 2.24) is 0 Å². The highest BCUT2D eigenvalue weighted by molar-refractivity contribution is 5.98. The number of methoxy groups -OCH3 is 1. The second-order valence-electron chi connectivity index (χ2n) is 2.67. The lowest BCUT2D eigenvalue weighted by atomic mass is 10.1. The van der Waals surface area contributed by atoms with Crippen LogP contribution in [-0.4, -0.2) is 18.2 Å². The van der Waals surface area contributed by atoms with E-state index in [-0.39, 0.29) is 5.84 Å². The maximum absolute atomic E-state index is 8.47. The zero-order chi connectivity index (χ0) is 9.84. The molecule has 4 heteroatoms. The van der Waals surface area contributed by atoms with Crippen LogP contribution in [0.5, 0.6) is 5.75 Å². The molecule has 0 atom stereocenters. The first-order valence-corrected chi connectivity index (χ1v) is 3.81. The van der Waals surface area contributed by atoms with Gasteiger partial charge in [-0.1, -0.05) is 5.16 Å². The first-order valence-electron chi connectivity index (χ1n) is 3.81. The minimum atomic E-state index is 0.111. The molecule has 0 saturated heterocycles. The Morgan fingerprint density at radius 3 is 2.69 bits per heavy atom. The van der Waals surface area contributed by atoms with Gasteiger partial charge < -0.3 is 15.7 Å². The molecule has 70 valence electrons. The first kappa shape index (κ1) is 9.38. The average molecular weight is 180 g/mol. The first-order chi connectivity index (χ1) is 6.19. The van der Waals surface area contributed by atoms with E-state index in [0.717, 1.165) is 11.3 Å². The lowest BCUT2D eigenvalue weighted by molar-refractivity contribution is 0.318. The lowest BCUT2D eigenvalue weighted by Crippen LogP contribution is -2.14. The molecular formula is C9H12N2O2.